The summed E-state index contributed by atoms with van der Waals surface area (Å²) in [5, 5.41) is 0. The molecule has 0 aromatic carbocycles. The van der Waals surface area contributed by atoms with E-state index in [0.29, 0.717) is 6.54 Å². The highest BCUT2D eigenvalue weighted by atomic mass is 16.2. The molecule has 0 bridgehead atoms. The molecule has 2 rings (SSSR count). The Balaban J connectivity index is 2.16. The fraction of sp³-hybridized carbons (Fsp3) is 0.400. The zero-order chi connectivity index (χ0) is 9.97. The van der Waals surface area contributed by atoms with Crippen LogP contribution in [0.3, 0.4) is 0 Å². The summed E-state index contributed by atoms with van der Waals surface area (Å²) in [7, 11) is 1.96. The van der Waals surface area contributed by atoms with Crippen molar-refractivity contribution in [2.24, 2.45) is 0 Å². The van der Waals surface area contributed by atoms with Gasteiger partial charge in [-0.2, -0.15) is 0 Å². The van der Waals surface area contributed by atoms with Gasteiger partial charge in [0.05, 0.1) is 6.54 Å². The molecule has 0 N–H and O–H groups in total. The molecular weight excluding hydrogens is 178 g/mol. The third-order valence-electron chi connectivity index (χ3n) is 2.39. The average molecular weight is 191 g/mol. The molecule has 0 aliphatic carbocycles. The molecule has 2 heterocycles. The Morgan fingerprint density at radius 1 is 1.29 bits per heavy atom. The minimum Gasteiger partial charge on any atom is -0.310 e. The van der Waals surface area contributed by atoms with Crippen LogP contribution in [0, 0.1) is 0 Å². The zero-order valence-corrected chi connectivity index (χ0v) is 8.18. The molecule has 1 aromatic heterocycles. The number of amides is 1. The van der Waals surface area contributed by atoms with Gasteiger partial charge in [0.15, 0.2) is 0 Å². The molecule has 1 amide bonds. The molecule has 0 radical (unpaired) electrons. The molecule has 14 heavy (non-hydrogen) atoms. The molecule has 4 nitrogen and oxygen atoms in total. The van der Waals surface area contributed by atoms with Crippen molar-refractivity contribution in [2.45, 2.75) is 0 Å². The highest BCUT2D eigenvalue weighted by Gasteiger charge is 2.22. The molecule has 4 heteroatoms. The first kappa shape index (κ1) is 9.15. The summed E-state index contributed by atoms with van der Waals surface area (Å²) >= 11 is 0. The highest BCUT2D eigenvalue weighted by Crippen LogP contribution is 2.14. The lowest BCUT2D eigenvalue weighted by Crippen LogP contribution is -2.48. The van der Waals surface area contributed by atoms with Gasteiger partial charge in [-0.1, -0.05) is 0 Å². The standard InChI is InChI=1S/C10H13N3O/c1-12-6-7-13(10(14)8-12)9-2-4-11-5-3-9/h2-5H,6-8H2,1H3. The van der Waals surface area contributed by atoms with Gasteiger partial charge in [0, 0.05) is 31.2 Å². The van der Waals surface area contributed by atoms with Gasteiger partial charge in [0.1, 0.15) is 0 Å². The van der Waals surface area contributed by atoms with Crippen LogP contribution in [0.25, 0.3) is 0 Å². The molecule has 0 spiro atoms. The smallest absolute Gasteiger partial charge is 0.241 e. The summed E-state index contributed by atoms with van der Waals surface area (Å²) in [5.41, 5.74) is 0.943. The Hall–Kier alpha value is -1.42. The maximum Gasteiger partial charge on any atom is 0.241 e. The van der Waals surface area contributed by atoms with E-state index in [2.05, 4.69) is 4.98 Å². The van der Waals surface area contributed by atoms with Crippen LogP contribution in [0.4, 0.5) is 5.69 Å². The van der Waals surface area contributed by atoms with Crippen molar-refractivity contribution in [2.75, 3.05) is 31.6 Å². The van der Waals surface area contributed by atoms with E-state index >= 15 is 0 Å². The molecule has 0 unspecified atom stereocenters. The predicted molar refractivity (Wildman–Crippen MR) is 54.1 cm³/mol. The number of carbonyl (C=O) groups excluding carboxylic acids is 1. The van der Waals surface area contributed by atoms with Crippen LogP contribution < -0.4 is 4.90 Å². The predicted octanol–water partition coefficient (Wildman–Crippen LogP) is 0.360. The van der Waals surface area contributed by atoms with Crippen LogP contribution in [0.2, 0.25) is 0 Å². The molecule has 1 aromatic rings. The van der Waals surface area contributed by atoms with Gasteiger partial charge in [-0.25, -0.2) is 0 Å². The van der Waals surface area contributed by atoms with E-state index < -0.39 is 0 Å². The zero-order valence-electron chi connectivity index (χ0n) is 8.18. The second-order valence-electron chi connectivity index (χ2n) is 3.49. The Labute approximate surface area is 83.2 Å². The molecule has 0 saturated carbocycles. The second-order valence-corrected chi connectivity index (χ2v) is 3.49. The number of aromatic nitrogens is 1. The minimum atomic E-state index is 0.157. The largest absolute Gasteiger partial charge is 0.310 e. The number of nitrogens with zero attached hydrogens (tertiary/aromatic N) is 3. The van der Waals surface area contributed by atoms with Crippen LogP contribution in [-0.4, -0.2) is 42.5 Å². The fourth-order valence-corrected chi connectivity index (χ4v) is 1.59. The van der Waals surface area contributed by atoms with E-state index in [1.807, 2.05) is 29.0 Å². The van der Waals surface area contributed by atoms with Crippen LogP contribution in [-0.2, 0) is 4.79 Å². The summed E-state index contributed by atoms with van der Waals surface area (Å²) in [5.74, 6) is 0.157. The lowest BCUT2D eigenvalue weighted by molar-refractivity contribution is -0.120. The number of likely N-dealkylation sites (N-methyl/N-ethyl adjacent to an activating group) is 1. The summed E-state index contributed by atoms with van der Waals surface area (Å²) in [6.07, 6.45) is 3.42. The van der Waals surface area contributed by atoms with Crippen molar-refractivity contribution in [3.63, 3.8) is 0 Å². The van der Waals surface area contributed by atoms with E-state index in [1.54, 1.807) is 12.4 Å². The van der Waals surface area contributed by atoms with Gasteiger partial charge < -0.3 is 4.90 Å². The lowest BCUT2D eigenvalue weighted by atomic mass is 10.2. The van der Waals surface area contributed by atoms with Crippen LogP contribution in [0.15, 0.2) is 24.5 Å². The molecule has 1 aliphatic heterocycles. The Morgan fingerprint density at radius 3 is 2.64 bits per heavy atom. The molecule has 1 saturated heterocycles. The van der Waals surface area contributed by atoms with Crippen molar-refractivity contribution in [3.8, 4) is 0 Å². The number of hydrogen-bond donors (Lipinski definition) is 0. The Bertz CT molecular complexity index is 325. The van der Waals surface area contributed by atoms with Gasteiger partial charge in [-0.15, -0.1) is 0 Å². The van der Waals surface area contributed by atoms with Crippen LogP contribution in [0.1, 0.15) is 0 Å². The summed E-state index contributed by atoms with van der Waals surface area (Å²) in [4.78, 5) is 19.4. The minimum absolute atomic E-state index is 0.157. The molecule has 1 fully saturated rings. The Kier molecular flexibility index (Phi) is 2.45. The number of hydrogen-bond acceptors (Lipinski definition) is 3. The number of anilines is 1. The fourth-order valence-electron chi connectivity index (χ4n) is 1.59. The number of piperazine rings is 1. The van der Waals surface area contributed by atoms with Crippen LogP contribution in [0.5, 0.6) is 0 Å². The quantitative estimate of drug-likeness (QED) is 0.643. The van der Waals surface area contributed by atoms with Crippen molar-refractivity contribution in [1.82, 2.24) is 9.88 Å². The second kappa shape index (κ2) is 3.75. The first-order valence-electron chi connectivity index (χ1n) is 4.66. The molecule has 1 aliphatic rings. The van der Waals surface area contributed by atoms with Crippen molar-refractivity contribution < 1.29 is 4.79 Å². The first-order valence-corrected chi connectivity index (χ1v) is 4.66. The van der Waals surface area contributed by atoms with E-state index in [9.17, 15) is 4.79 Å². The molecular formula is C10H13N3O. The lowest BCUT2D eigenvalue weighted by Gasteiger charge is -2.31. The normalized spacial score (nSPS) is 18.6. The topological polar surface area (TPSA) is 36.4 Å². The SMILES string of the molecule is CN1CCN(c2ccncc2)C(=O)C1. The van der Waals surface area contributed by atoms with Crippen LogP contribution >= 0.6 is 0 Å². The van der Waals surface area contributed by atoms with Crippen molar-refractivity contribution in [3.05, 3.63) is 24.5 Å². The van der Waals surface area contributed by atoms with Gasteiger partial charge >= 0.3 is 0 Å². The molecule has 0 atom stereocenters. The van der Waals surface area contributed by atoms with Crippen molar-refractivity contribution >= 4 is 11.6 Å². The number of rotatable bonds is 1. The average Bonchev–Trinajstić information content (AvgIpc) is 2.19. The first-order chi connectivity index (χ1) is 6.77. The molecule has 74 valence electrons. The van der Waals surface area contributed by atoms with Gasteiger partial charge in [-0.05, 0) is 19.2 Å². The monoisotopic (exact) mass is 191 g/mol. The number of carbonyl (C=O) groups is 1. The Morgan fingerprint density at radius 2 is 2.00 bits per heavy atom. The third kappa shape index (κ3) is 1.75. The van der Waals surface area contributed by atoms with Gasteiger partial charge in [0.2, 0.25) is 5.91 Å². The van der Waals surface area contributed by atoms with E-state index in [1.165, 1.54) is 0 Å². The summed E-state index contributed by atoms with van der Waals surface area (Å²) in [6.45, 7) is 2.19. The van der Waals surface area contributed by atoms with Gasteiger partial charge in [-0.3, -0.25) is 14.7 Å². The van der Waals surface area contributed by atoms with E-state index in [4.69, 9.17) is 0 Å². The van der Waals surface area contributed by atoms with Gasteiger partial charge in [0.25, 0.3) is 0 Å². The highest BCUT2D eigenvalue weighted by molar-refractivity contribution is 5.95. The van der Waals surface area contributed by atoms with E-state index in [-0.39, 0.29) is 5.91 Å². The number of pyridine rings is 1. The maximum absolute atomic E-state index is 11.7. The third-order valence-corrected chi connectivity index (χ3v) is 2.39. The van der Waals surface area contributed by atoms with Crippen molar-refractivity contribution in [1.29, 1.82) is 0 Å². The van der Waals surface area contributed by atoms with E-state index in [0.717, 1.165) is 18.8 Å². The summed E-state index contributed by atoms with van der Waals surface area (Å²) in [6, 6.07) is 3.73. The maximum atomic E-state index is 11.7. The summed E-state index contributed by atoms with van der Waals surface area (Å²) < 4.78 is 0.